The van der Waals surface area contributed by atoms with Gasteiger partial charge in [-0.2, -0.15) is 0 Å². The number of Topliss-reactive ketones (excluding diaryl/α,β-unsaturated/α-hetero) is 1. The lowest BCUT2D eigenvalue weighted by Gasteiger charge is -2.29. The average molecular weight is 449 g/mol. The predicted molar refractivity (Wildman–Crippen MR) is 112 cm³/mol. The van der Waals surface area contributed by atoms with Gasteiger partial charge in [0, 0.05) is 30.0 Å². The number of rotatable bonds is 3. The summed E-state index contributed by atoms with van der Waals surface area (Å²) in [6, 6.07) is 15.4. The smallest absolute Gasteiger partial charge is 0.231 e. The highest BCUT2D eigenvalue weighted by Gasteiger charge is 2.33. The van der Waals surface area contributed by atoms with Gasteiger partial charge in [0.05, 0.1) is 11.1 Å². The Morgan fingerprint density at radius 2 is 2.00 bits per heavy atom. The molecule has 0 atom stereocenters. The summed E-state index contributed by atoms with van der Waals surface area (Å²) < 4.78 is 12.9. The molecule has 0 saturated carbocycles. The Hall–Kier alpha value is -2.96. The van der Waals surface area contributed by atoms with E-state index in [4.69, 9.17) is 9.47 Å². The first kappa shape index (κ1) is 18.1. The number of fused-ring (bicyclic) bond motifs is 3. The quantitative estimate of drug-likeness (QED) is 0.538. The fraction of sp³-hybridized carbons (Fsp3) is 0.130. The van der Waals surface area contributed by atoms with Gasteiger partial charge in [-0.1, -0.05) is 28.1 Å². The van der Waals surface area contributed by atoms with Crippen LogP contribution in [0.4, 0.5) is 0 Å². The molecule has 2 aliphatic rings. The lowest BCUT2D eigenvalue weighted by Crippen LogP contribution is -2.31. The van der Waals surface area contributed by atoms with Crippen LogP contribution < -0.4 is 9.47 Å². The van der Waals surface area contributed by atoms with Crippen molar-refractivity contribution in [2.24, 2.45) is 0 Å². The van der Waals surface area contributed by atoms with E-state index < -0.39 is 0 Å². The van der Waals surface area contributed by atoms with E-state index in [1.54, 1.807) is 24.5 Å². The maximum Gasteiger partial charge on any atom is 0.231 e. The number of carbonyl (C=O) groups excluding carboxylic acids is 1. The number of benzene rings is 2. The molecule has 3 heterocycles. The van der Waals surface area contributed by atoms with Crippen LogP contribution in [0.2, 0.25) is 0 Å². The summed E-state index contributed by atoms with van der Waals surface area (Å²) in [6.45, 7) is 1.88. The van der Waals surface area contributed by atoms with E-state index in [9.17, 15) is 4.79 Å². The second kappa shape index (κ2) is 7.46. The number of aromatic nitrogens is 1. The maximum atomic E-state index is 12.9. The van der Waals surface area contributed by atoms with Crippen LogP contribution in [0.15, 0.2) is 71.2 Å². The zero-order valence-corrected chi connectivity index (χ0v) is 17.1. The Balaban J connectivity index is 1.44. The molecule has 29 heavy (non-hydrogen) atoms. The second-order valence-corrected chi connectivity index (χ2v) is 7.95. The fourth-order valence-corrected chi connectivity index (χ4v) is 4.02. The summed E-state index contributed by atoms with van der Waals surface area (Å²) in [5.41, 5.74) is 3.56. The van der Waals surface area contributed by atoms with Crippen molar-refractivity contribution in [3.05, 3.63) is 93.4 Å². The Bertz CT molecular complexity index is 1130. The number of nitrogens with zero attached hydrogens (tertiary/aromatic N) is 2. The van der Waals surface area contributed by atoms with Crippen molar-refractivity contribution in [3.63, 3.8) is 0 Å². The SMILES string of the molecule is O=C1/C(=C/c2cccc(Br)c2)Oc2c1ccc1c2CN(Cc2ccncc2)CO1. The largest absolute Gasteiger partial charge is 0.478 e. The molecule has 0 saturated heterocycles. The minimum Gasteiger partial charge on any atom is -0.478 e. The van der Waals surface area contributed by atoms with E-state index in [1.165, 1.54) is 0 Å². The third-order valence-corrected chi connectivity index (χ3v) is 5.48. The van der Waals surface area contributed by atoms with E-state index >= 15 is 0 Å². The van der Waals surface area contributed by atoms with Crippen LogP contribution in [-0.2, 0) is 13.1 Å². The van der Waals surface area contributed by atoms with Crippen molar-refractivity contribution in [3.8, 4) is 11.5 Å². The highest BCUT2D eigenvalue weighted by atomic mass is 79.9. The van der Waals surface area contributed by atoms with Gasteiger partial charge < -0.3 is 9.47 Å². The normalized spacial score (nSPS) is 16.9. The van der Waals surface area contributed by atoms with Crippen LogP contribution >= 0.6 is 15.9 Å². The molecule has 0 N–H and O–H groups in total. The Labute approximate surface area is 176 Å². The van der Waals surface area contributed by atoms with Crippen molar-refractivity contribution in [2.75, 3.05) is 6.73 Å². The van der Waals surface area contributed by atoms with Crippen LogP contribution in [0.1, 0.15) is 27.0 Å². The number of ketones is 1. The van der Waals surface area contributed by atoms with Gasteiger partial charge in [0.15, 0.2) is 5.76 Å². The molecule has 1 aromatic heterocycles. The number of halogens is 1. The summed E-state index contributed by atoms with van der Waals surface area (Å²) in [6.07, 6.45) is 5.34. The first-order chi connectivity index (χ1) is 14.2. The van der Waals surface area contributed by atoms with Crippen LogP contribution in [0.25, 0.3) is 6.08 Å². The second-order valence-electron chi connectivity index (χ2n) is 7.03. The molecule has 2 aromatic carbocycles. The molecule has 144 valence electrons. The summed E-state index contributed by atoms with van der Waals surface area (Å²) in [4.78, 5) is 19.1. The molecule has 5 rings (SSSR count). The third-order valence-electron chi connectivity index (χ3n) is 4.98. The molecule has 0 amide bonds. The topological polar surface area (TPSA) is 51.7 Å². The molecule has 5 nitrogen and oxygen atoms in total. The van der Waals surface area contributed by atoms with Gasteiger partial charge >= 0.3 is 0 Å². The lowest BCUT2D eigenvalue weighted by atomic mass is 10.0. The van der Waals surface area contributed by atoms with Gasteiger partial charge in [0.25, 0.3) is 0 Å². The summed E-state index contributed by atoms with van der Waals surface area (Å²) >= 11 is 3.46. The van der Waals surface area contributed by atoms with Crippen LogP contribution in [-0.4, -0.2) is 22.4 Å². The molecule has 3 aromatic rings. The first-order valence-corrected chi connectivity index (χ1v) is 10.1. The molecule has 0 bridgehead atoms. The number of hydrogen-bond acceptors (Lipinski definition) is 5. The lowest BCUT2D eigenvalue weighted by molar-refractivity contribution is 0.0872. The minimum atomic E-state index is -0.103. The van der Waals surface area contributed by atoms with Gasteiger partial charge in [-0.3, -0.25) is 14.7 Å². The Kier molecular flexibility index (Phi) is 4.66. The van der Waals surface area contributed by atoms with Gasteiger partial charge in [-0.15, -0.1) is 0 Å². The molecule has 0 unspecified atom stereocenters. The van der Waals surface area contributed by atoms with Crippen molar-refractivity contribution < 1.29 is 14.3 Å². The van der Waals surface area contributed by atoms with Gasteiger partial charge in [-0.25, -0.2) is 0 Å². The minimum absolute atomic E-state index is 0.103. The van der Waals surface area contributed by atoms with Crippen LogP contribution in [0.3, 0.4) is 0 Å². The molecule has 2 aliphatic heterocycles. The maximum absolute atomic E-state index is 12.9. The highest BCUT2D eigenvalue weighted by Crippen LogP contribution is 2.42. The zero-order valence-electron chi connectivity index (χ0n) is 15.5. The van der Waals surface area contributed by atoms with Crippen LogP contribution in [0, 0.1) is 0 Å². The molecule has 0 radical (unpaired) electrons. The van der Waals surface area contributed by atoms with Crippen molar-refractivity contribution in [2.45, 2.75) is 13.1 Å². The number of pyridine rings is 1. The summed E-state index contributed by atoms with van der Waals surface area (Å²) in [7, 11) is 0. The zero-order chi connectivity index (χ0) is 19.8. The molecule has 0 fully saturated rings. The molecular weight excluding hydrogens is 432 g/mol. The van der Waals surface area contributed by atoms with Crippen molar-refractivity contribution in [1.82, 2.24) is 9.88 Å². The molecule has 6 heteroatoms. The Morgan fingerprint density at radius 1 is 1.14 bits per heavy atom. The summed E-state index contributed by atoms with van der Waals surface area (Å²) in [5, 5.41) is 0. The number of carbonyl (C=O) groups is 1. The van der Waals surface area contributed by atoms with E-state index in [1.807, 2.05) is 42.5 Å². The number of hydrogen-bond donors (Lipinski definition) is 0. The van der Waals surface area contributed by atoms with E-state index in [2.05, 4.69) is 25.8 Å². The fourth-order valence-electron chi connectivity index (χ4n) is 3.60. The third kappa shape index (κ3) is 3.57. The first-order valence-electron chi connectivity index (χ1n) is 9.27. The van der Waals surface area contributed by atoms with E-state index in [-0.39, 0.29) is 5.78 Å². The number of allylic oxidation sites excluding steroid dienone is 1. The van der Waals surface area contributed by atoms with Crippen molar-refractivity contribution >= 4 is 27.8 Å². The van der Waals surface area contributed by atoms with Crippen LogP contribution in [0.5, 0.6) is 11.5 Å². The Morgan fingerprint density at radius 3 is 2.83 bits per heavy atom. The van der Waals surface area contributed by atoms with Gasteiger partial charge in [-0.05, 0) is 53.6 Å². The van der Waals surface area contributed by atoms with Crippen molar-refractivity contribution in [1.29, 1.82) is 0 Å². The van der Waals surface area contributed by atoms with E-state index in [0.717, 1.165) is 33.5 Å². The molecular formula is C23H17BrN2O3. The molecule has 0 aliphatic carbocycles. The average Bonchev–Trinajstić information content (AvgIpc) is 3.05. The van der Waals surface area contributed by atoms with Gasteiger partial charge in [0.2, 0.25) is 5.78 Å². The monoisotopic (exact) mass is 448 g/mol. The highest BCUT2D eigenvalue weighted by molar-refractivity contribution is 9.10. The summed E-state index contributed by atoms with van der Waals surface area (Å²) in [5.74, 6) is 1.60. The standard InChI is InChI=1S/C23H17BrN2O3/c24-17-3-1-2-16(10-17)11-21-22(27)18-4-5-20-19(23(18)29-21)13-26(14-28-20)12-15-6-8-25-9-7-15/h1-11H,12-14H2/b21-11-. The molecule has 0 spiro atoms. The predicted octanol–water partition coefficient (Wildman–Crippen LogP) is 4.81. The number of ether oxygens (including phenoxy) is 2. The van der Waals surface area contributed by atoms with E-state index in [0.29, 0.717) is 30.3 Å². The van der Waals surface area contributed by atoms with Gasteiger partial charge in [0.1, 0.15) is 18.2 Å².